The van der Waals surface area contributed by atoms with E-state index in [2.05, 4.69) is 64.7 Å². The molecule has 34 heavy (non-hydrogen) atoms. The van der Waals surface area contributed by atoms with Gasteiger partial charge in [-0.1, -0.05) is 46.7 Å². The largest absolute Gasteiger partial charge is 0.466 e. The minimum absolute atomic E-state index is 0.0572. The molecule has 196 valence electrons. The maximum Gasteiger partial charge on any atom is 0.315 e. The molecule has 0 saturated heterocycles. The molecule has 0 radical (unpaired) electrons. The first-order valence-electron chi connectivity index (χ1n) is 12.5. The maximum absolute atomic E-state index is 13.8. The Hall–Kier alpha value is -1.57. The molecule has 0 N–H and O–H groups in total. The van der Waals surface area contributed by atoms with Crippen LogP contribution in [0.15, 0.2) is 5.11 Å². The summed E-state index contributed by atoms with van der Waals surface area (Å²) in [5.41, 5.74) is 7.26. The standard InChI is InChI=1S/C25H47N3O5Si/c1-11-31-20(29)14-16-25(27-28-26)15-13-19(22(3,4)5)17-24(25,21(30)32-12-2)18-33-34(9,10)23(6,7)8/h19H,11-18H2,1-10H3/t19-,24+,25-/m0/s1. The first-order chi connectivity index (χ1) is 15.5. The van der Waals surface area contributed by atoms with Crippen LogP contribution in [0.25, 0.3) is 10.4 Å². The van der Waals surface area contributed by atoms with Gasteiger partial charge in [-0.2, -0.15) is 0 Å². The summed E-state index contributed by atoms with van der Waals surface area (Å²) in [7, 11) is -2.25. The number of rotatable bonds is 10. The zero-order chi connectivity index (χ0) is 26.4. The van der Waals surface area contributed by atoms with Crippen LogP contribution in [0.1, 0.15) is 87.5 Å². The van der Waals surface area contributed by atoms with Gasteiger partial charge in [0.2, 0.25) is 0 Å². The number of carbonyl (C=O) groups excluding carboxylic acids is 2. The molecule has 0 aromatic heterocycles. The van der Waals surface area contributed by atoms with Gasteiger partial charge in [0.15, 0.2) is 8.32 Å². The van der Waals surface area contributed by atoms with Crippen molar-refractivity contribution in [1.29, 1.82) is 0 Å². The van der Waals surface area contributed by atoms with Crippen molar-refractivity contribution in [2.24, 2.45) is 21.9 Å². The molecule has 0 bridgehead atoms. The fourth-order valence-electron chi connectivity index (χ4n) is 4.61. The van der Waals surface area contributed by atoms with Crippen molar-refractivity contribution in [3.05, 3.63) is 10.4 Å². The maximum atomic E-state index is 13.8. The highest BCUT2D eigenvalue weighted by Crippen LogP contribution is 2.56. The van der Waals surface area contributed by atoms with Crippen LogP contribution < -0.4 is 0 Å². The number of nitrogens with zero attached hydrogens (tertiary/aromatic N) is 3. The summed E-state index contributed by atoms with van der Waals surface area (Å²) in [6, 6.07) is 0. The first-order valence-corrected chi connectivity index (χ1v) is 15.5. The average molecular weight is 498 g/mol. The first kappa shape index (κ1) is 30.5. The summed E-state index contributed by atoms with van der Waals surface area (Å²) >= 11 is 0. The lowest BCUT2D eigenvalue weighted by Gasteiger charge is -2.54. The van der Waals surface area contributed by atoms with E-state index in [1.807, 2.05) is 0 Å². The van der Waals surface area contributed by atoms with Crippen molar-refractivity contribution < 1.29 is 23.5 Å². The number of ether oxygens (including phenoxy) is 2. The molecular formula is C25H47N3O5Si. The molecule has 1 saturated carbocycles. The van der Waals surface area contributed by atoms with Gasteiger partial charge >= 0.3 is 11.9 Å². The smallest absolute Gasteiger partial charge is 0.315 e. The molecule has 3 atom stereocenters. The highest BCUT2D eigenvalue weighted by atomic mass is 28.4. The van der Waals surface area contributed by atoms with Crippen LogP contribution in [0.3, 0.4) is 0 Å². The second-order valence-electron chi connectivity index (χ2n) is 12.2. The third kappa shape index (κ3) is 6.76. The summed E-state index contributed by atoms with van der Waals surface area (Å²) in [5.74, 6) is -0.570. The zero-order valence-electron chi connectivity index (χ0n) is 23.1. The molecule has 0 aliphatic heterocycles. The van der Waals surface area contributed by atoms with Gasteiger partial charge in [-0.25, -0.2) is 0 Å². The van der Waals surface area contributed by atoms with E-state index in [0.29, 0.717) is 12.8 Å². The molecule has 1 rings (SSSR count). The Kier molecular flexibility index (Phi) is 10.2. The van der Waals surface area contributed by atoms with E-state index in [4.69, 9.17) is 13.9 Å². The van der Waals surface area contributed by atoms with Crippen LogP contribution in [0.4, 0.5) is 0 Å². The Morgan fingerprint density at radius 3 is 2.15 bits per heavy atom. The van der Waals surface area contributed by atoms with E-state index in [1.54, 1.807) is 13.8 Å². The quantitative estimate of drug-likeness (QED) is 0.108. The van der Waals surface area contributed by atoms with E-state index >= 15 is 0 Å². The molecule has 1 aliphatic carbocycles. The van der Waals surface area contributed by atoms with Gasteiger partial charge < -0.3 is 13.9 Å². The Balaban J connectivity index is 3.68. The van der Waals surface area contributed by atoms with Gasteiger partial charge in [0.25, 0.3) is 0 Å². The van der Waals surface area contributed by atoms with Crippen molar-refractivity contribution in [3.63, 3.8) is 0 Å². The van der Waals surface area contributed by atoms with Crippen molar-refractivity contribution in [3.8, 4) is 0 Å². The third-order valence-corrected chi connectivity index (χ3v) is 12.5. The molecular weight excluding hydrogens is 450 g/mol. The summed E-state index contributed by atoms with van der Waals surface area (Å²) in [5, 5.41) is 4.23. The number of hydrogen-bond acceptors (Lipinski definition) is 6. The topological polar surface area (TPSA) is 111 Å². The Morgan fingerprint density at radius 2 is 1.68 bits per heavy atom. The summed E-state index contributed by atoms with van der Waals surface area (Å²) in [4.78, 5) is 29.3. The molecule has 0 spiro atoms. The molecule has 0 aromatic carbocycles. The van der Waals surface area contributed by atoms with Crippen molar-refractivity contribution in [2.75, 3.05) is 19.8 Å². The van der Waals surface area contributed by atoms with Gasteiger partial charge in [-0.3, -0.25) is 9.59 Å². The van der Waals surface area contributed by atoms with E-state index in [0.717, 1.165) is 6.42 Å². The van der Waals surface area contributed by atoms with Crippen LogP contribution >= 0.6 is 0 Å². The highest BCUT2D eigenvalue weighted by Gasteiger charge is 2.62. The second kappa shape index (κ2) is 11.4. The van der Waals surface area contributed by atoms with E-state index in [1.165, 1.54) is 0 Å². The van der Waals surface area contributed by atoms with Gasteiger partial charge in [0.1, 0.15) is 5.41 Å². The van der Waals surface area contributed by atoms with E-state index in [-0.39, 0.29) is 55.0 Å². The minimum atomic E-state index is -2.25. The zero-order valence-corrected chi connectivity index (χ0v) is 24.1. The van der Waals surface area contributed by atoms with E-state index in [9.17, 15) is 15.1 Å². The monoisotopic (exact) mass is 497 g/mol. The van der Waals surface area contributed by atoms with Crippen LogP contribution in [0.2, 0.25) is 18.1 Å². The fraction of sp³-hybridized carbons (Fsp3) is 0.920. The normalized spacial score (nSPS) is 25.9. The third-order valence-electron chi connectivity index (χ3n) is 8.05. The van der Waals surface area contributed by atoms with Crippen molar-refractivity contribution in [2.45, 2.75) is 111 Å². The molecule has 0 unspecified atom stereocenters. The lowest BCUT2D eigenvalue weighted by Crippen LogP contribution is -2.61. The molecule has 1 fully saturated rings. The summed E-state index contributed by atoms with van der Waals surface area (Å²) < 4.78 is 17.5. The van der Waals surface area contributed by atoms with Crippen LogP contribution in [-0.2, 0) is 23.5 Å². The number of azide groups is 1. The SMILES string of the molecule is CCOC(=O)CC[C@@]1(N=[N+]=[N-])CC[C@H](C(C)(C)C)C[C@@]1(CO[Si](C)(C)C(C)(C)C)C(=O)OCC. The second-order valence-corrected chi connectivity index (χ2v) is 17.0. The number of hydrogen-bond donors (Lipinski definition) is 0. The predicted octanol–water partition coefficient (Wildman–Crippen LogP) is 6.80. The van der Waals surface area contributed by atoms with Gasteiger partial charge in [0.05, 0.1) is 25.4 Å². The van der Waals surface area contributed by atoms with Gasteiger partial charge in [-0.15, -0.1) is 0 Å². The van der Waals surface area contributed by atoms with E-state index < -0.39 is 25.2 Å². The van der Waals surface area contributed by atoms with Crippen molar-refractivity contribution >= 4 is 20.3 Å². The molecule has 1 aliphatic rings. The van der Waals surface area contributed by atoms with Crippen LogP contribution in [-0.4, -0.2) is 45.6 Å². The van der Waals surface area contributed by atoms with Gasteiger partial charge in [-0.05, 0) is 74.5 Å². The molecule has 0 heterocycles. The highest BCUT2D eigenvalue weighted by molar-refractivity contribution is 6.74. The molecule has 0 amide bonds. The Morgan fingerprint density at radius 1 is 1.09 bits per heavy atom. The summed E-state index contributed by atoms with van der Waals surface area (Å²) in [6.07, 6.45) is 2.02. The van der Waals surface area contributed by atoms with Crippen LogP contribution in [0.5, 0.6) is 0 Å². The average Bonchev–Trinajstić information content (AvgIpc) is 2.70. The van der Waals surface area contributed by atoms with Crippen LogP contribution in [0, 0.1) is 16.7 Å². The number of carbonyl (C=O) groups is 2. The Bertz CT molecular complexity index is 767. The number of esters is 2. The lowest BCUT2D eigenvalue weighted by molar-refractivity contribution is -0.172. The lowest BCUT2D eigenvalue weighted by atomic mass is 9.53. The van der Waals surface area contributed by atoms with Gasteiger partial charge in [0, 0.05) is 11.3 Å². The fourth-order valence-corrected chi connectivity index (χ4v) is 5.65. The Labute approximate surface area is 207 Å². The molecule has 0 aromatic rings. The molecule has 9 heteroatoms. The minimum Gasteiger partial charge on any atom is -0.466 e. The molecule has 8 nitrogen and oxygen atoms in total. The predicted molar refractivity (Wildman–Crippen MR) is 137 cm³/mol. The van der Waals surface area contributed by atoms with Crippen molar-refractivity contribution in [1.82, 2.24) is 0 Å². The summed E-state index contributed by atoms with van der Waals surface area (Å²) in [6.45, 7) is 21.4.